The molecule has 0 aromatic heterocycles. The summed E-state index contributed by atoms with van der Waals surface area (Å²) in [7, 11) is 0. The van der Waals surface area contributed by atoms with Crippen LogP contribution in [0.3, 0.4) is 0 Å². The first-order chi connectivity index (χ1) is 13.5. The van der Waals surface area contributed by atoms with Gasteiger partial charge in [0.05, 0.1) is 17.9 Å². The SMILES string of the molecule is CCOC(=O)[C@@](NC(=O)c1ccccc1F)(Nc1ccc(F)cc1F)C(F)(F)F. The molecule has 0 aliphatic rings. The van der Waals surface area contributed by atoms with E-state index in [9.17, 15) is 35.9 Å². The van der Waals surface area contributed by atoms with Gasteiger partial charge in [0.25, 0.3) is 5.91 Å². The van der Waals surface area contributed by atoms with E-state index in [1.54, 1.807) is 0 Å². The zero-order valence-corrected chi connectivity index (χ0v) is 14.7. The molecule has 0 saturated heterocycles. The van der Waals surface area contributed by atoms with Crippen LogP contribution in [-0.2, 0) is 9.53 Å². The molecule has 0 aliphatic carbocycles. The largest absolute Gasteiger partial charge is 0.463 e. The van der Waals surface area contributed by atoms with Crippen molar-refractivity contribution in [3.05, 3.63) is 65.5 Å². The van der Waals surface area contributed by atoms with Crippen LogP contribution in [0.1, 0.15) is 17.3 Å². The highest BCUT2D eigenvalue weighted by molar-refractivity contribution is 5.99. The minimum Gasteiger partial charge on any atom is -0.463 e. The van der Waals surface area contributed by atoms with Crippen molar-refractivity contribution in [2.45, 2.75) is 18.8 Å². The highest BCUT2D eigenvalue weighted by atomic mass is 19.4. The summed E-state index contributed by atoms with van der Waals surface area (Å²) in [6.07, 6.45) is -5.57. The molecular weight excluding hydrogens is 406 g/mol. The van der Waals surface area contributed by atoms with Gasteiger partial charge < -0.3 is 15.4 Å². The smallest absolute Gasteiger partial charge is 0.441 e. The Hall–Kier alpha value is -3.24. The molecule has 156 valence electrons. The van der Waals surface area contributed by atoms with Gasteiger partial charge in [0.15, 0.2) is 0 Å². The highest BCUT2D eigenvalue weighted by Gasteiger charge is 2.64. The van der Waals surface area contributed by atoms with E-state index >= 15 is 0 Å². The van der Waals surface area contributed by atoms with E-state index in [0.29, 0.717) is 12.1 Å². The average Bonchev–Trinajstić information content (AvgIpc) is 2.62. The van der Waals surface area contributed by atoms with Gasteiger partial charge in [-0.15, -0.1) is 0 Å². The van der Waals surface area contributed by atoms with Gasteiger partial charge in [-0.3, -0.25) is 4.79 Å². The van der Waals surface area contributed by atoms with E-state index in [-0.39, 0.29) is 6.07 Å². The number of carbonyl (C=O) groups is 2. The van der Waals surface area contributed by atoms with E-state index in [4.69, 9.17) is 0 Å². The van der Waals surface area contributed by atoms with E-state index in [2.05, 4.69) is 4.74 Å². The van der Waals surface area contributed by atoms with Gasteiger partial charge in [0.1, 0.15) is 17.5 Å². The molecule has 0 saturated carbocycles. The number of amides is 1. The molecule has 1 amide bonds. The predicted molar refractivity (Wildman–Crippen MR) is 89.3 cm³/mol. The number of hydrogen-bond acceptors (Lipinski definition) is 4. The lowest BCUT2D eigenvalue weighted by Gasteiger charge is -2.35. The first kappa shape index (κ1) is 22.1. The topological polar surface area (TPSA) is 67.4 Å². The predicted octanol–water partition coefficient (Wildman–Crippen LogP) is 3.77. The number of anilines is 1. The summed E-state index contributed by atoms with van der Waals surface area (Å²) in [4.78, 5) is 24.5. The van der Waals surface area contributed by atoms with Crippen molar-refractivity contribution in [3.8, 4) is 0 Å². The summed E-state index contributed by atoms with van der Waals surface area (Å²) in [5, 5.41) is 2.89. The van der Waals surface area contributed by atoms with Gasteiger partial charge in [-0.2, -0.15) is 13.2 Å². The van der Waals surface area contributed by atoms with Crippen LogP contribution in [0.2, 0.25) is 0 Å². The minimum atomic E-state index is -5.57. The number of halogens is 6. The van der Waals surface area contributed by atoms with Gasteiger partial charge in [-0.05, 0) is 31.2 Å². The third-order valence-corrected chi connectivity index (χ3v) is 3.68. The summed E-state index contributed by atoms with van der Waals surface area (Å²) in [5.41, 5.74) is -5.74. The van der Waals surface area contributed by atoms with E-state index in [1.807, 2.05) is 0 Å². The lowest BCUT2D eigenvalue weighted by Crippen LogP contribution is -2.69. The van der Waals surface area contributed by atoms with Crippen molar-refractivity contribution >= 4 is 17.6 Å². The number of rotatable bonds is 6. The Bertz CT molecular complexity index is 919. The molecule has 0 unspecified atom stereocenters. The molecule has 2 rings (SSSR count). The van der Waals surface area contributed by atoms with Crippen LogP contribution in [0.4, 0.5) is 32.0 Å². The van der Waals surface area contributed by atoms with Crippen molar-refractivity contribution in [1.29, 1.82) is 0 Å². The molecule has 2 aromatic carbocycles. The lowest BCUT2D eigenvalue weighted by atomic mass is 10.1. The third kappa shape index (κ3) is 4.61. The zero-order chi connectivity index (χ0) is 21.8. The van der Waals surface area contributed by atoms with Crippen molar-refractivity contribution < 1.29 is 40.7 Å². The Morgan fingerprint density at radius 2 is 1.66 bits per heavy atom. The summed E-state index contributed by atoms with van der Waals surface area (Å²) in [5.74, 6) is -7.36. The number of benzene rings is 2. The maximum Gasteiger partial charge on any atom is 0.441 e. The number of esters is 1. The Morgan fingerprint density at radius 3 is 2.21 bits per heavy atom. The van der Waals surface area contributed by atoms with Crippen LogP contribution in [0.25, 0.3) is 0 Å². The molecule has 5 nitrogen and oxygen atoms in total. The Morgan fingerprint density at radius 1 is 1.00 bits per heavy atom. The minimum absolute atomic E-state index is 0.271. The van der Waals surface area contributed by atoms with Gasteiger partial charge in [0, 0.05) is 6.07 Å². The number of carbonyl (C=O) groups excluding carboxylic acids is 2. The fourth-order valence-electron chi connectivity index (χ4n) is 2.31. The van der Waals surface area contributed by atoms with Crippen LogP contribution in [0.5, 0.6) is 0 Å². The van der Waals surface area contributed by atoms with Gasteiger partial charge in [0.2, 0.25) is 0 Å². The maximum absolute atomic E-state index is 14.0. The molecule has 29 heavy (non-hydrogen) atoms. The molecule has 11 heteroatoms. The Labute approximate surface area is 160 Å². The van der Waals surface area contributed by atoms with Gasteiger partial charge in [-0.1, -0.05) is 12.1 Å². The summed E-state index contributed by atoms with van der Waals surface area (Å²) in [6.45, 7) is 0.690. The van der Waals surface area contributed by atoms with Gasteiger partial charge in [-0.25, -0.2) is 18.0 Å². The summed E-state index contributed by atoms with van der Waals surface area (Å²) in [6, 6.07) is 5.59. The van der Waals surface area contributed by atoms with Crippen LogP contribution in [0.15, 0.2) is 42.5 Å². The van der Waals surface area contributed by atoms with Gasteiger partial charge >= 0.3 is 17.8 Å². The van der Waals surface area contributed by atoms with Crippen molar-refractivity contribution in [2.24, 2.45) is 0 Å². The normalized spacial score (nSPS) is 13.3. The molecule has 0 fully saturated rings. The second-order valence-electron chi connectivity index (χ2n) is 5.65. The van der Waals surface area contributed by atoms with Crippen LogP contribution < -0.4 is 10.6 Å². The Balaban J connectivity index is 2.57. The molecule has 0 spiro atoms. The number of hydrogen-bond donors (Lipinski definition) is 2. The number of nitrogens with one attached hydrogen (secondary N) is 2. The second-order valence-corrected chi connectivity index (χ2v) is 5.65. The number of ether oxygens (including phenoxy) is 1. The van der Waals surface area contributed by atoms with E-state index in [1.165, 1.54) is 29.7 Å². The fourth-order valence-corrected chi connectivity index (χ4v) is 2.31. The van der Waals surface area contributed by atoms with Crippen LogP contribution in [0, 0.1) is 17.5 Å². The van der Waals surface area contributed by atoms with Crippen LogP contribution >= 0.6 is 0 Å². The molecule has 2 aromatic rings. The first-order valence-corrected chi connectivity index (χ1v) is 8.06. The molecule has 0 heterocycles. The maximum atomic E-state index is 14.0. The lowest BCUT2D eigenvalue weighted by molar-refractivity contribution is -0.204. The highest BCUT2D eigenvalue weighted by Crippen LogP contribution is 2.34. The van der Waals surface area contributed by atoms with Crippen molar-refractivity contribution in [1.82, 2.24) is 5.32 Å². The van der Waals surface area contributed by atoms with Crippen molar-refractivity contribution in [3.63, 3.8) is 0 Å². The molecule has 0 radical (unpaired) electrons. The molecule has 1 atom stereocenters. The molecular formula is C18H14F6N2O3. The van der Waals surface area contributed by atoms with Crippen LogP contribution in [-0.4, -0.2) is 30.3 Å². The zero-order valence-electron chi connectivity index (χ0n) is 14.7. The first-order valence-electron chi connectivity index (χ1n) is 8.06. The van der Waals surface area contributed by atoms with Crippen molar-refractivity contribution in [2.75, 3.05) is 11.9 Å². The monoisotopic (exact) mass is 420 g/mol. The average molecular weight is 420 g/mol. The molecule has 2 N–H and O–H groups in total. The summed E-state index contributed by atoms with van der Waals surface area (Å²) >= 11 is 0. The quantitative estimate of drug-likeness (QED) is 0.424. The molecule has 0 bridgehead atoms. The Kier molecular flexibility index (Phi) is 6.40. The molecule has 0 aliphatic heterocycles. The van der Waals surface area contributed by atoms with E-state index in [0.717, 1.165) is 12.1 Å². The van der Waals surface area contributed by atoms with E-state index < -0.39 is 59.0 Å². The fraction of sp³-hybridized carbons (Fsp3) is 0.222. The third-order valence-electron chi connectivity index (χ3n) is 3.68. The number of alkyl halides is 3. The standard InChI is InChI=1S/C18H14F6N2O3/c1-2-29-16(28)17(18(22,23)24,25-14-8-7-10(19)9-13(14)21)26-15(27)11-5-3-4-6-12(11)20/h3-9,25H,2H2,1H3,(H,26,27)/t17-/m0/s1. The summed E-state index contributed by atoms with van der Waals surface area (Å²) < 4.78 is 87.1. The second kappa shape index (κ2) is 8.41.